The molecule has 4 heteroatoms. The van der Waals surface area contributed by atoms with Gasteiger partial charge in [-0.15, -0.1) is 0 Å². The van der Waals surface area contributed by atoms with Crippen molar-refractivity contribution in [2.24, 2.45) is 0 Å². The molecule has 1 aliphatic carbocycles. The number of hydrogen-bond acceptors (Lipinski definition) is 0. The number of hydrogen-bond donors (Lipinski definition) is 0. The fraction of sp³-hybridized carbons (Fsp3) is 0.143. The van der Waals surface area contributed by atoms with Crippen molar-refractivity contribution < 1.29 is 13.2 Å². The SMILES string of the molecule is Fc1c(F)c2c(c(F)c1Br)C2. The van der Waals surface area contributed by atoms with Crippen LogP contribution in [-0.4, -0.2) is 0 Å². The fourth-order valence-electron chi connectivity index (χ4n) is 1.01. The van der Waals surface area contributed by atoms with E-state index in [4.69, 9.17) is 0 Å². The van der Waals surface area contributed by atoms with E-state index in [2.05, 4.69) is 15.9 Å². The Hall–Kier alpha value is -0.510. The summed E-state index contributed by atoms with van der Waals surface area (Å²) in [6, 6.07) is 0. The molecule has 11 heavy (non-hydrogen) atoms. The Kier molecular flexibility index (Phi) is 1.30. The van der Waals surface area contributed by atoms with Crippen LogP contribution in [-0.2, 0) is 6.42 Å². The largest absolute Gasteiger partial charge is 0.205 e. The predicted molar refractivity (Wildman–Crippen MR) is 36.8 cm³/mol. The van der Waals surface area contributed by atoms with E-state index in [1.807, 2.05) is 0 Å². The minimum atomic E-state index is -1.13. The first kappa shape index (κ1) is 7.16. The van der Waals surface area contributed by atoms with E-state index in [1.165, 1.54) is 0 Å². The maximum Gasteiger partial charge on any atom is 0.176 e. The molecule has 0 heterocycles. The van der Waals surface area contributed by atoms with Crippen LogP contribution in [0.4, 0.5) is 13.2 Å². The highest BCUT2D eigenvalue weighted by Crippen LogP contribution is 2.39. The lowest BCUT2D eigenvalue weighted by Gasteiger charge is -1.94. The minimum Gasteiger partial charge on any atom is -0.205 e. The first-order valence-electron chi connectivity index (χ1n) is 2.96. The van der Waals surface area contributed by atoms with Crippen LogP contribution in [0.25, 0.3) is 0 Å². The molecule has 1 aromatic carbocycles. The van der Waals surface area contributed by atoms with Gasteiger partial charge in [-0.1, -0.05) is 0 Å². The number of fused-ring (bicyclic) bond motifs is 1. The monoisotopic (exact) mass is 222 g/mol. The second-order valence-corrected chi connectivity index (χ2v) is 3.18. The molecule has 1 aliphatic rings. The Bertz CT molecular complexity index is 313. The summed E-state index contributed by atoms with van der Waals surface area (Å²) in [6.45, 7) is 0. The predicted octanol–water partition coefficient (Wildman–Crippen LogP) is 2.77. The molecule has 58 valence electrons. The van der Waals surface area contributed by atoms with Gasteiger partial charge in [-0.3, -0.25) is 0 Å². The Morgan fingerprint density at radius 2 is 1.45 bits per heavy atom. The summed E-state index contributed by atoms with van der Waals surface area (Å²) in [4.78, 5) is 0. The molecule has 0 saturated heterocycles. The van der Waals surface area contributed by atoms with Crippen LogP contribution in [0, 0.1) is 17.5 Å². The zero-order valence-electron chi connectivity index (χ0n) is 5.22. The topological polar surface area (TPSA) is 0 Å². The molecule has 0 nitrogen and oxygen atoms in total. The lowest BCUT2D eigenvalue weighted by molar-refractivity contribution is 0.490. The van der Waals surface area contributed by atoms with Crippen LogP contribution in [0.1, 0.15) is 11.1 Å². The highest BCUT2D eigenvalue weighted by molar-refractivity contribution is 9.10. The van der Waals surface area contributed by atoms with Crippen molar-refractivity contribution in [3.05, 3.63) is 33.1 Å². The van der Waals surface area contributed by atoms with E-state index in [1.54, 1.807) is 0 Å². The molecule has 0 aromatic heterocycles. The lowest BCUT2D eigenvalue weighted by Crippen LogP contribution is -1.88. The fourth-order valence-corrected chi connectivity index (χ4v) is 1.42. The molecule has 0 N–H and O–H groups in total. The summed E-state index contributed by atoms with van der Waals surface area (Å²) >= 11 is 2.62. The number of benzene rings is 1. The van der Waals surface area contributed by atoms with E-state index in [0.717, 1.165) is 0 Å². The second kappa shape index (κ2) is 2.00. The average molecular weight is 223 g/mol. The Balaban J connectivity index is 2.78. The van der Waals surface area contributed by atoms with Gasteiger partial charge in [0.25, 0.3) is 0 Å². The quantitative estimate of drug-likeness (QED) is 0.475. The van der Waals surface area contributed by atoms with Crippen LogP contribution in [0.15, 0.2) is 4.47 Å². The standard InChI is InChI=1S/C7H2BrF3/c8-4-5(9)2-1-3(2)6(10)7(4)11/h1H2. The molecule has 0 bridgehead atoms. The van der Waals surface area contributed by atoms with Gasteiger partial charge in [0.2, 0.25) is 0 Å². The summed E-state index contributed by atoms with van der Waals surface area (Å²) in [5.74, 6) is -2.72. The van der Waals surface area contributed by atoms with Gasteiger partial charge in [0, 0.05) is 17.5 Å². The first-order chi connectivity index (χ1) is 5.13. The van der Waals surface area contributed by atoms with Gasteiger partial charge in [-0.05, 0) is 15.9 Å². The zero-order valence-corrected chi connectivity index (χ0v) is 6.80. The smallest absolute Gasteiger partial charge is 0.176 e. The third-order valence-electron chi connectivity index (χ3n) is 1.70. The molecular formula is C7H2BrF3. The third kappa shape index (κ3) is 0.819. The Morgan fingerprint density at radius 3 is 2.09 bits per heavy atom. The third-order valence-corrected chi connectivity index (χ3v) is 2.40. The first-order valence-corrected chi connectivity index (χ1v) is 3.76. The van der Waals surface area contributed by atoms with Crippen LogP contribution >= 0.6 is 15.9 Å². The summed E-state index contributed by atoms with van der Waals surface area (Å²) in [6.07, 6.45) is 0.236. The summed E-state index contributed by atoms with van der Waals surface area (Å²) < 4.78 is 37.6. The summed E-state index contributed by atoms with van der Waals surface area (Å²) in [5.41, 5.74) is 0.457. The van der Waals surface area contributed by atoms with Crippen molar-refractivity contribution in [2.45, 2.75) is 6.42 Å². The van der Waals surface area contributed by atoms with Crippen molar-refractivity contribution >= 4 is 15.9 Å². The van der Waals surface area contributed by atoms with E-state index in [0.29, 0.717) is 0 Å². The second-order valence-electron chi connectivity index (χ2n) is 2.39. The molecule has 0 amide bonds. The molecule has 0 fully saturated rings. The average Bonchev–Trinajstić information content (AvgIpc) is 2.76. The van der Waals surface area contributed by atoms with Gasteiger partial charge in [-0.2, -0.15) is 0 Å². The van der Waals surface area contributed by atoms with Gasteiger partial charge in [0.1, 0.15) is 5.82 Å². The number of halogens is 4. The summed E-state index contributed by atoms with van der Waals surface area (Å²) in [5, 5.41) is 0. The van der Waals surface area contributed by atoms with Crippen LogP contribution in [0.5, 0.6) is 0 Å². The molecule has 1 aromatic rings. The molecule has 0 radical (unpaired) electrons. The molecular weight excluding hydrogens is 221 g/mol. The maximum absolute atomic E-state index is 12.8. The molecule has 0 aliphatic heterocycles. The van der Waals surface area contributed by atoms with Gasteiger partial charge in [0.15, 0.2) is 11.6 Å². The number of rotatable bonds is 0. The molecule has 0 atom stereocenters. The van der Waals surface area contributed by atoms with E-state index in [9.17, 15) is 13.2 Å². The normalized spacial score (nSPS) is 13.1. The lowest BCUT2D eigenvalue weighted by atomic mass is 10.3. The highest BCUT2D eigenvalue weighted by Gasteiger charge is 2.32. The van der Waals surface area contributed by atoms with Crippen molar-refractivity contribution in [1.29, 1.82) is 0 Å². The van der Waals surface area contributed by atoms with Crippen LogP contribution in [0.2, 0.25) is 0 Å². The van der Waals surface area contributed by atoms with Gasteiger partial charge < -0.3 is 0 Å². The molecule has 0 unspecified atom stereocenters. The van der Waals surface area contributed by atoms with Crippen molar-refractivity contribution in [2.75, 3.05) is 0 Å². The van der Waals surface area contributed by atoms with E-state index in [-0.39, 0.29) is 17.5 Å². The zero-order chi connectivity index (χ0) is 8.17. The van der Waals surface area contributed by atoms with Crippen molar-refractivity contribution in [3.63, 3.8) is 0 Å². The minimum absolute atomic E-state index is 0.170. The molecule has 0 spiro atoms. The highest BCUT2D eigenvalue weighted by atomic mass is 79.9. The molecule has 2 rings (SSSR count). The maximum atomic E-state index is 12.8. The van der Waals surface area contributed by atoms with Crippen LogP contribution < -0.4 is 0 Å². The Morgan fingerprint density at radius 1 is 0.909 bits per heavy atom. The van der Waals surface area contributed by atoms with E-state index >= 15 is 0 Å². The molecule has 0 saturated carbocycles. The van der Waals surface area contributed by atoms with Gasteiger partial charge in [-0.25, -0.2) is 13.2 Å². The van der Waals surface area contributed by atoms with E-state index < -0.39 is 21.9 Å². The van der Waals surface area contributed by atoms with Crippen molar-refractivity contribution in [1.82, 2.24) is 0 Å². The Labute approximate surface area is 69.2 Å². The van der Waals surface area contributed by atoms with Crippen molar-refractivity contribution in [3.8, 4) is 0 Å². The van der Waals surface area contributed by atoms with Crippen LogP contribution in [0.3, 0.4) is 0 Å². The van der Waals surface area contributed by atoms with Gasteiger partial charge in [0.05, 0.1) is 4.47 Å². The summed E-state index contributed by atoms with van der Waals surface area (Å²) in [7, 11) is 0. The van der Waals surface area contributed by atoms with Gasteiger partial charge >= 0.3 is 0 Å².